The number of hydrogen-bond donors (Lipinski definition) is 1. The maximum absolute atomic E-state index is 10.2. The quantitative estimate of drug-likeness (QED) is 0.416. The normalized spacial score (nSPS) is 11.5. The summed E-state index contributed by atoms with van der Waals surface area (Å²) in [5.74, 6) is 0.00572. The fourth-order valence-corrected chi connectivity index (χ4v) is 1.88. The van der Waals surface area contributed by atoms with Crippen LogP contribution >= 0.6 is 0 Å². The number of rotatable bonds is 11. The van der Waals surface area contributed by atoms with Gasteiger partial charge in [0.25, 0.3) is 0 Å². The second kappa shape index (κ2) is 11.7. The van der Waals surface area contributed by atoms with Crippen LogP contribution in [0.4, 0.5) is 0 Å². The van der Waals surface area contributed by atoms with Crippen LogP contribution < -0.4 is 0 Å². The molecule has 0 bridgehead atoms. The summed E-state index contributed by atoms with van der Waals surface area (Å²) in [7, 11) is 0. The molecule has 0 aliphatic heterocycles. The minimum Gasteiger partial charge on any atom is -0.478 e. The molecule has 2 heteroatoms. The number of aliphatic carboxylic acids is 1. The molecular formula is C15H28O2. The van der Waals surface area contributed by atoms with E-state index in [1.165, 1.54) is 51.0 Å². The molecule has 0 unspecified atom stereocenters. The van der Waals surface area contributed by atoms with E-state index in [0.29, 0.717) is 0 Å². The Morgan fingerprint density at radius 1 is 1.00 bits per heavy atom. The van der Waals surface area contributed by atoms with Crippen LogP contribution in [0.25, 0.3) is 0 Å². The van der Waals surface area contributed by atoms with Crippen molar-refractivity contribution in [3.63, 3.8) is 0 Å². The smallest absolute Gasteiger partial charge is 0.327 e. The summed E-state index contributed by atoms with van der Waals surface area (Å²) in [6.45, 7) is 4.56. The Hall–Kier alpha value is -0.790. The fourth-order valence-electron chi connectivity index (χ4n) is 1.88. The van der Waals surface area contributed by atoms with Crippen LogP contribution in [0.5, 0.6) is 0 Å². The molecule has 0 heterocycles. The zero-order valence-corrected chi connectivity index (χ0v) is 11.5. The lowest BCUT2D eigenvalue weighted by molar-refractivity contribution is -0.131. The summed E-state index contributed by atoms with van der Waals surface area (Å²) in [6.07, 6.45) is 14.3. The first kappa shape index (κ1) is 16.2. The van der Waals surface area contributed by atoms with Gasteiger partial charge in [0.1, 0.15) is 0 Å². The van der Waals surface area contributed by atoms with Crippen molar-refractivity contribution in [1.82, 2.24) is 0 Å². The molecule has 0 amide bonds. The van der Waals surface area contributed by atoms with E-state index in [2.05, 4.69) is 13.8 Å². The molecule has 0 saturated heterocycles. The first-order valence-corrected chi connectivity index (χ1v) is 7.02. The SMILES string of the molecule is CC(C)CCCCCCCCC/C=C/C(=O)O. The van der Waals surface area contributed by atoms with Crippen molar-refractivity contribution in [2.24, 2.45) is 5.92 Å². The molecule has 0 rings (SSSR count). The zero-order valence-electron chi connectivity index (χ0n) is 11.5. The summed E-state index contributed by atoms with van der Waals surface area (Å²) in [6, 6.07) is 0. The van der Waals surface area contributed by atoms with Crippen molar-refractivity contribution >= 4 is 5.97 Å². The summed E-state index contributed by atoms with van der Waals surface area (Å²) < 4.78 is 0. The first-order chi connectivity index (χ1) is 8.13. The van der Waals surface area contributed by atoms with Crippen LogP contribution in [0, 0.1) is 5.92 Å². The van der Waals surface area contributed by atoms with Gasteiger partial charge in [-0.2, -0.15) is 0 Å². The number of unbranched alkanes of at least 4 members (excludes halogenated alkanes) is 7. The van der Waals surface area contributed by atoms with Gasteiger partial charge in [0.2, 0.25) is 0 Å². The lowest BCUT2D eigenvalue weighted by Gasteiger charge is -2.04. The predicted octanol–water partition coefficient (Wildman–Crippen LogP) is 4.79. The Morgan fingerprint density at radius 3 is 2.06 bits per heavy atom. The summed E-state index contributed by atoms with van der Waals surface area (Å²) in [5, 5.41) is 8.39. The average molecular weight is 240 g/mol. The number of carboxylic acid groups (broad SMARTS) is 1. The van der Waals surface area contributed by atoms with Gasteiger partial charge in [0.15, 0.2) is 0 Å². The summed E-state index contributed by atoms with van der Waals surface area (Å²) in [5.41, 5.74) is 0. The Labute approximate surface area is 106 Å². The van der Waals surface area contributed by atoms with Gasteiger partial charge in [-0.05, 0) is 18.8 Å². The van der Waals surface area contributed by atoms with Gasteiger partial charge < -0.3 is 5.11 Å². The van der Waals surface area contributed by atoms with Crippen LogP contribution in [0.1, 0.15) is 71.6 Å². The molecule has 0 aromatic heterocycles. The van der Waals surface area contributed by atoms with Crippen molar-refractivity contribution in [3.8, 4) is 0 Å². The molecule has 100 valence electrons. The lowest BCUT2D eigenvalue weighted by atomic mass is 10.0. The number of carbonyl (C=O) groups is 1. The minimum atomic E-state index is -0.838. The molecule has 0 saturated carbocycles. The highest BCUT2D eigenvalue weighted by atomic mass is 16.4. The van der Waals surface area contributed by atoms with E-state index in [1.54, 1.807) is 6.08 Å². The Kier molecular flexibility index (Phi) is 11.1. The van der Waals surface area contributed by atoms with Crippen LogP contribution in [-0.4, -0.2) is 11.1 Å². The van der Waals surface area contributed by atoms with Crippen molar-refractivity contribution in [1.29, 1.82) is 0 Å². The summed E-state index contributed by atoms with van der Waals surface area (Å²) >= 11 is 0. The Balaban J connectivity index is 3.06. The van der Waals surface area contributed by atoms with Gasteiger partial charge in [0, 0.05) is 6.08 Å². The molecule has 0 aliphatic carbocycles. The topological polar surface area (TPSA) is 37.3 Å². The van der Waals surface area contributed by atoms with Gasteiger partial charge >= 0.3 is 5.97 Å². The third kappa shape index (κ3) is 15.2. The van der Waals surface area contributed by atoms with Gasteiger partial charge in [-0.25, -0.2) is 4.79 Å². The maximum atomic E-state index is 10.2. The van der Waals surface area contributed by atoms with Crippen molar-refractivity contribution in [3.05, 3.63) is 12.2 Å². The van der Waals surface area contributed by atoms with Gasteiger partial charge in [-0.1, -0.05) is 64.9 Å². The van der Waals surface area contributed by atoms with Gasteiger partial charge in [-0.3, -0.25) is 0 Å². The zero-order chi connectivity index (χ0) is 12.9. The molecule has 0 aromatic carbocycles. The third-order valence-electron chi connectivity index (χ3n) is 2.91. The highest BCUT2D eigenvalue weighted by molar-refractivity contribution is 5.79. The molecule has 0 atom stereocenters. The molecule has 1 N–H and O–H groups in total. The molecule has 0 fully saturated rings. The molecular weight excluding hydrogens is 212 g/mol. The fraction of sp³-hybridized carbons (Fsp3) is 0.800. The van der Waals surface area contributed by atoms with E-state index in [-0.39, 0.29) is 0 Å². The van der Waals surface area contributed by atoms with Crippen molar-refractivity contribution < 1.29 is 9.90 Å². The predicted molar refractivity (Wildman–Crippen MR) is 73.2 cm³/mol. The second-order valence-corrected chi connectivity index (χ2v) is 5.19. The maximum Gasteiger partial charge on any atom is 0.327 e. The summed E-state index contributed by atoms with van der Waals surface area (Å²) in [4.78, 5) is 10.2. The molecule has 0 aliphatic rings. The van der Waals surface area contributed by atoms with Crippen LogP contribution in [0.3, 0.4) is 0 Å². The first-order valence-electron chi connectivity index (χ1n) is 7.02. The van der Waals surface area contributed by atoms with E-state index < -0.39 is 5.97 Å². The van der Waals surface area contributed by atoms with Crippen molar-refractivity contribution in [2.45, 2.75) is 71.6 Å². The molecule has 0 aromatic rings. The van der Waals surface area contributed by atoms with E-state index in [1.807, 2.05) is 0 Å². The third-order valence-corrected chi connectivity index (χ3v) is 2.91. The molecule has 2 nitrogen and oxygen atoms in total. The van der Waals surface area contributed by atoms with Crippen molar-refractivity contribution in [2.75, 3.05) is 0 Å². The van der Waals surface area contributed by atoms with E-state index in [9.17, 15) is 4.79 Å². The number of carboxylic acids is 1. The van der Waals surface area contributed by atoms with Crippen LogP contribution in [0.15, 0.2) is 12.2 Å². The minimum absolute atomic E-state index is 0.838. The van der Waals surface area contributed by atoms with E-state index >= 15 is 0 Å². The molecule has 0 radical (unpaired) electrons. The van der Waals surface area contributed by atoms with Gasteiger partial charge in [-0.15, -0.1) is 0 Å². The Morgan fingerprint density at radius 2 is 1.53 bits per heavy atom. The van der Waals surface area contributed by atoms with Crippen LogP contribution in [0.2, 0.25) is 0 Å². The molecule has 17 heavy (non-hydrogen) atoms. The Bertz CT molecular complexity index is 207. The lowest BCUT2D eigenvalue weighted by Crippen LogP contribution is -1.87. The highest BCUT2D eigenvalue weighted by Crippen LogP contribution is 2.12. The van der Waals surface area contributed by atoms with E-state index in [4.69, 9.17) is 5.11 Å². The monoisotopic (exact) mass is 240 g/mol. The number of hydrogen-bond acceptors (Lipinski definition) is 1. The van der Waals surface area contributed by atoms with Gasteiger partial charge in [0.05, 0.1) is 0 Å². The van der Waals surface area contributed by atoms with E-state index in [0.717, 1.165) is 18.8 Å². The largest absolute Gasteiger partial charge is 0.478 e. The second-order valence-electron chi connectivity index (χ2n) is 5.19. The highest BCUT2D eigenvalue weighted by Gasteiger charge is 1.94. The standard InChI is InChI=1S/C15H28O2/c1-14(2)12-10-8-6-4-3-5-7-9-11-13-15(16)17/h11,13-14H,3-10,12H2,1-2H3,(H,16,17)/b13-11+. The average Bonchev–Trinajstić information content (AvgIpc) is 2.25. The number of allylic oxidation sites excluding steroid dienone is 1. The molecule has 0 spiro atoms. The van der Waals surface area contributed by atoms with Crippen LogP contribution in [-0.2, 0) is 4.79 Å².